The van der Waals surface area contributed by atoms with Crippen molar-refractivity contribution in [3.63, 3.8) is 0 Å². The first-order valence-corrected chi connectivity index (χ1v) is 7.45. The largest absolute Gasteiger partial charge is 0.388 e. The van der Waals surface area contributed by atoms with E-state index in [1.165, 1.54) is 6.07 Å². The van der Waals surface area contributed by atoms with Crippen LogP contribution in [0.1, 0.15) is 45.8 Å². The van der Waals surface area contributed by atoms with Gasteiger partial charge in [0, 0.05) is 18.2 Å². The molecule has 1 rings (SSSR count). The molecule has 0 radical (unpaired) electrons. The Morgan fingerprint density at radius 1 is 1.15 bits per heavy atom. The minimum Gasteiger partial charge on any atom is -0.388 e. The SMILES string of the molecule is CC(C)CC(C)N(C)CC(C)C(O)c1ccccc1F. The van der Waals surface area contributed by atoms with Crippen LogP contribution in [0.3, 0.4) is 0 Å². The maximum absolute atomic E-state index is 13.7. The maximum atomic E-state index is 13.7. The Morgan fingerprint density at radius 3 is 2.30 bits per heavy atom. The van der Waals surface area contributed by atoms with Crippen molar-refractivity contribution < 1.29 is 9.50 Å². The molecule has 0 aliphatic carbocycles. The summed E-state index contributed by atoms with van der Waals surface area (Å²) in [6.45, 7) is 9.34. The summed E-state index contributed by atoms with van der Waals surface area (Å²) in [5.74, 6) is 0.315. The second kappa shape index (κ2) is 7.75. The fourth-order valence-corrected chi connectivity index (χ4v) is 2.62. The molecule has 3 unspecified atom stereocenters. The zero-order chi connectivity index (χ0) is 15.3. The number of nitrogens with zero attached hydrogens (tertiary/aromatic N) is 1. The van der Waals surface area contributed by atoms with Crippen molar-refractivity contribution in [3.05, 3.63) is 35.6 Å². The Labute approximate surface area is 122 Å². The van der Waals surface area contributed by atoms with E-state index >= 15 is 0 Å². The molecule has 0 saturated carbocycles. The lowest BCUT2D eigenvalue weighted by molar-refractivity contribution is 0.0799. The fourth-order valence-electron chi connectivity index (χ4n) is 2.62. The molecule has 20 heavy (non-hydrogen) atoms. The molecule has 3 atom stereocenters. The van der Waals surface area contributed by atoms with Crippen LogP contribution in [0.15, 0.2) is 24.3 Å². The number of hydrogen-bond donors (Lipinski definition) is 1. The molecule has 0 heterocycles. The molecule has 1 aromatic rings. The molecule has 0 saturated heterocycles. The van der Waals surface area contributed by atoms with E-state index in [-0.39, 0.29) is 11.7 Å². The highest BCUT2D eigenvalue weighted by Gasteiger charge is 2.22. The third-order valence-electron chi connectivity index (χ3n) is 3.90. The molecular weight excluding hydrogens is 253 g/mol. The summed E-state index contributed by atoms with van der Waals surface area (Å²) in [5, 5.41) is 10.3. The summed E-state index contributed by atoms with van der Waals surface area (Å²) in [5.41, 5.74) is 0.393. The van der Waals surface area contributed by atoms with Gasteiger partial charge in [0.1, 0.15) is 5.82 Å². The van der Waals surface area contributed by atoms with Crippen molar-refractivity contribution in [1.29, 1.82) is 0 Å². The van der Waals surface area contributed by atoms with E-state index < -0.39 is 6.10 Å². The summed E-state index contributed by atoms with van der Waals surface area (Å²) in [6.07, 6.45) is 0.365. The highest BCUT2D eigenvalue weighted by Crippen LogP contribution is 2.25. The van der Waals surface area contributed by atoms with E-state index in [0.29, 0.717) is 17.5 Å². The molecule has 0 fully saturated rings. The topological polar surface area (TPSA) is 23.5 Å². The Bertz CT molecular complexity index is 408. The normalized spacial score (nSPS) is 16.4. The number of aliphatic hydroxyl groups is 1. The van der Waals surface area contributed by atoms with E-state index in [1.54, 1.807) is 18.2 Å². The third-order valence-corrected chi connectivity index (χ3v) is 3.90. The molecule has 1 aromatic carbocycles. The molecule has 0 spiro atoms. The van der Waals surface area contributed by atoms with Gasteiger partial charge >= 0.3 is 0 Å². The Kier molecular flexibility index (Phi) is 6.63. The summed E-state index contributed by atoms with van der Waals surface area (Å²) < 4.78 is 13.7. The van der Waals surface area contributed by atoms with Crippen LogP contribution in [-0.4, -0.2) is 29.6 Å². The summed E-state index contributed by atoms with van der Waals surface area (Å²) >= 11 is 0. The van der Waals surface area contributed by atoms with Gasteiger partial charge in [0.2, 0.25) is 0 Å². The van der Waals surface area contributed by atoms with Crippen LogP contribution in [-0.2, 0) is 0 Å². The molecule has 1 N–H and O–H groups in total. The van der Waals surface area contributed by atoms with Gasteiger partial charge in [-0.05, 0) is 38.3 Å². The lowest BCUT2D eigenvalue weighted by Crippen LogP contribution is -2.35. The standard InChI is InChI=1S/C17H28FNO/c1-12(2)10-14(4)19(5)11-13(3)17(20)15-8-6-7-9-16(15)18/h6-9,12-14,17,20H,10-11H2,1-5H3. The second-order valence-electron chi connectivity index (χ2n) is 6.36. The van der Waals surface area contributed by atoms with Crippen molar-refractivity contribution in [2.75, 3.05) is 13.6 Å². The molecule has 114 valence electrons. The first-order valence-electron chi connectivity index (χ1n) is 7.45. The van der Waals surface area contributed by atoms with E-state index in [0.717, 1.165) is 13.0 Å². The van der Waals surface area contributed by atoms with E-state index in [1.807, 2.05) is 6.92 Å². The number of aliphatic hydroxyl groups excluding tert-OH is 1. The monoisotopic (exact) mass is 281 g/mol. The first-order chi connectivity index (χ1) is 9.32. The Hall–Kier alpha value is -0.930. The van der Waals surface area contributed by atoms with Crippen LogP contribution in [0, 0.1) is 17.7 Å². The average molecular weight is 281 g/mol. The highest BCUT2D eigenvalue weighted by molar-refractivity contribution is 5.20. The van der Waals surface area contributed by atoms with Crippen LogP contribution in [0.4, 0.5) is 4.39 Å². The van der Waals surface area contributed by atoms with E-state index in [2.05, 4.69) is 32.7 Å². The Morgan fingerprint density at radius 2 is 1.75 bits per heavy atom. The molecule has 2 nitrogen and oxygen atoms in total. The number of rotatable bonds is 7. The lowest BCUT2D eigenvalue weighted by Gasteiger charge is -2.30. The van der Waals surface area contributed by atoms with Crippen LogP contribution in [0.25, 0.3) is 0 Å². The molecule has 0 bridgehead atoms. The fraction of sp³-hybridized carbons (Fsp3) is 0.647. The van der Waals surface area contributed by atoms with Gasteiger partial charge < -0.3 is 10.0 Å². The predicted octanol–water partition coefficient (Wildman–Crippen LogP) is 3.86. The van der Waals surface area contributed by atoms with Crippen LogP contribution in [0.2, 0.25) is 0 Å². The smallest absolute Gasteiger partial charge is 0.129 e. The average Bonchev–Trinajstić information content (AvgIpc) is 2.37. The molecular formula is C17H28FNO. The highest BCUT2D eigenvalue weighted by atomic mass is 19.1. The zero-order valence-electron chi connectivity index (χ0n) is 13.3. The molecule has 0 amide bonds. The van der Waals surface area contributed by atoms with E-state index in [4.69, 9.17) is 0 Å². The van der Waals surface area contributed by atoms with Crippen LogP contribution >= 0.6 is 0 Å². The number of benzene rings is 1. The van der Waals surface area contributed by atoms with E-state index in [9.17, 15) is 9.50 Å². The van der Waals surface area contributed by atoms with Gasteiger partial charge in [0.15, 0.2) is 0 Å². The van der Waals surface area contributed by atoms with Crippen molar-refractivity contribution in [3.8, 4) is 0 Å². The number of halogens is 1. The summed E-state index contributed by atoms with van der Waals surface area (Å²) in [6, 6.07) is 6.93. The predicted molar refractivity (Wildman–Crippen MR) is 82.1 cm³/mol. The molecule has 0 aliphatic heterocycles. The maximum Gasteiger partial charge on any atom is 0.129 e. The zero-order valence-corrected chi connectivity index (χ0v) is 13.3. The molecule has 3 heteroatoms. The minimum absolute atomic E-state index is 0.00786. The van der Waals surface area contributed by atoms with Crippen LogP contribution < -0.4 is 0 Å². The van der Waals surface area contributed by atoms with Gasteiger partial charge in [-0.2, -0.15) is 0 Å². The van der Waals surface area contributed by atoms with Crippen LogP contribution in [0.5, 0.6) is 0 Å². The van der Waals surface area contributed by atoms with Crippen molar-refractivity contribution >= 4 is 0 Å². The summed E-state index contributed by atoms with van der Waals surface area (Å²) in [7, 11) is 2.07. The van der Waals surface area contributed by atoms with Gasteiger partial charge in [-0.15, -0.1) is 0 Å². The molecule has 0 aromatic heterocycles. The van der Waals surface area contributed by atoms with Crippen molar-refractivity contribution in [1.82, 2.24) is 4.90 Å². The summed E-state index contributed by atoms with van der Waals surface area (Å²) in [4.78, 5) is 2.24. The lowest BCUT2D eigenvalue weighted by atomic mass is 9.95. The first kappa shape index (κ1) is 17.1. The van der Waals surface area contributed by atoms with Crippen molar-refractivity contribution in [2.24, 2.45) is 11.8 Å². The van der Waals surface area contributed by atoms with Gasteiger partial charge in [-0.25, -0.2) is 4.39 Å². The Balaban J connectivity index is 2.62. The van der Waals surface area contributed by atoms with Crippen molar-refractivity contribution in [2.45, 2.75) is 46.3 Å². The molecule has 0 aliphatic rings. The van der Waals surface area contributed by atoms with Gasteiger partial charge in [-0.1, -0.05) is 39.0 Å². The number of hydrogen-bond acceptors (Lipinski definition) is 2. The second-order valence-corrected chi connectivity index (χ2v) is 6.36. The quantitative estimate of drug-likeness (QED) is 0.820. The van der Waals surface area contributed by atoms with Gasteiger partial charge in [-0.3, -0.25) is 0 Å². The third kappa shape index (κ3) is 4.88. The van der Waals surface area contributed by atoms with Gasteiger partial charge in [0.05, 0.1) is 6.10 Å². The van der Waals surface area contributed by atoms with Gasteiger partial charge in [0.25, 0.3) is 0 Å². The minimum atomic E-state index is -0.759.